The van der Waals surface area contributed by atoms with E-state index in [-0.39, 0.29) is 43.6 Å². The van der Waals surface area contributed by atoms with E-state index in [4.69, 9.17) is 10.00 Å². The van der Waals surface area contributed by atoms with Crippen molar-refractivity contribution in [3.05, 3.63) is 0 Å². The molecular weight excluding hydrogens is 339 g/mol. The van der Waals surface area contributed by atoms with Gasteiger partial charge in [-0.25, -0.2) is 9.18 Å². The zero-order valence-electron chi connectivity index (χ0n) is 15.2. The summed E-state index contributed by atoms with van der Waals surface area (Å²) in [5.41, 5.74) is 0. The van der Waals surface area contributed by atoms with Gasteiger partial charge in [-0.3, -0.25) is 4.79 Å². The van der Waals surface area contributed by atoms with Gasteiger partial charge in [-0.1, -0.05) is 0 Å². The van der Waals surface area contributed by atoms with Crippen molar-refractivity contribution >= 4 is 12.0 Å². The molecule has 2 aliphatic heterocycles. The van der Waals surface area contributed by atoms with Crippen molar-refractivity contribution in [2.75, 3.05) is 26.2 Å². The van der Waals surface area contributed by atoms with Crippen molar-refractivity contribution in [3.8, 4) is 6.07 Å². The third-order valence-corrected chi connectivity index (χ3v) is 5.80. The van der Waals surface area contributed by atoms with Gasteiger partial charge in [0.1, 0.15) is 12.2 Å². The van der Waals surface area contributed by atoms with Gasteiger partial charge in [0.2, 0.25) is 5.91 Å². The number of rotatable bonds is 4. The van der Waals surface area contributed by atoms with E-state index in [1.54, 1.807) is 6.92 Å². The van der Waals surface area contributed by atoms with E-state index >= 15 is 0 Å². The highest BCUT2D eigenvalue weighted by Crippen LogP contribution is 2.37. The van der Waals surface area contributed by atoms with Gasteiger partial charge in [-0.05, 0) is 38.5 Å². The van der Waals surface area contributed by atoms with Crippen molar-refractivity contribution in [2.45, 2.75) is 63.3 Å². The number of nitriles is 1. The molecule has 5 atom stereocenters. The van der Waals surface area contributed by atoms with Crippen LogP contribution in [-0.4, -0.2) is 72.3 Å². The number of halogens is 1. The van der Waals surface area contributed by atoms with E-state index in [1.807, 2.05) is 11.0 Å². The Labute approximate surface area is 153 Å². The Morgan fingerprint density at radius 1 is 1.31 bits per heavy atom. The maximum absolute atomic E-state index is 13.5. The second-order valence-corrected chi connectivity index (χ2v) is 7.44. The van der Waals surface area contributed by atoms with Gasteiger partial charge < -0.3 is 19.9 Å². The normalized spacial score (nSPS) is 33.7. The molecule has 144 valence electrons. The number of alkyl halides is 1. The minimum absolute atomic E-state index is 0.00525. The molecule has 0 spiro atoms. The Bertz CT molecular complexity index is 581. The first kappa shape index (κ1) is 18.9. The molecule has 1 saturated carbocycles. The monoisotopic (exact) mass is 366 g/mol. The smallest absolute Gasteiger partial charge is 0.410 e. The number of carbonyl (C=O) groups is 2. The third kappa shape index (κ3) is 3.93. The van der Waals surface area contributed by atoms with Crippen LogP contribution < -0.4 is 5.32 Å². The van der Waals surface area contributed by atoms with E-state index in [2.05, 4.69) is 5.32 Å². The first-order valence-electron chi connectivity index (χ1n) is 9.53. The van der Waals surface area contributed by atoms with Gasteiger partial charge in [0.05, 0.1) is 25.8 Å². The lowest BCUT2D eigenvalue weighted by Gasteiger charge is -2.36. The highest BCUT2D eigenvalue weighted by Gasteiger charge is 2.42. The van der Waals surface area contributed by atoms with Crippen LogP contribution in [0.4, 0.5) is 9.18 Å². The molecule has 0 radical (unpaired) electrons. The number of ether oxygens (including phenoxy) is 1. The molecule has 3 fully saturated rings. The van der Waals surface area contributed by atoms with E-state index in [0.717, 1.165) is 32.2 Å². The zero-order valence-corrected chi connectivity index (χ0v) is 15.2. The van der Waals surface area contributed by atoms with Crippen LogP contribution in [0.15, 0.2) is 0 Å². The van der Waals surface area contributed by atoms with Crippen LogP contribution in [0.25, 0.3) is 0 Å². The van der Waals surface area contributed by atoms with Crippen LogP contribution in [-0.2, 0) is 9.53 Å². The molecule has 0 bridgehead atoms. The predicted molar refractivity (Wildman–Crippen MR) is 91.9 cm³/mol. The summed E-state index contributed by atoms with van der Waals surface area (Å²) in [6, 6.07) is 1.64. The molecule has 3 rings (SSSR count). The van der Waals surface area contributed by atoms with Crippen LogP contribution in [0.3, 0.4) is 0 Å². The van der Waals surface area contributed by atoms with Crippen LogP contribution in [0.1, 0.15) is 39.0 Å². The maximum Gasteiger partial charge on any atom is 0.410 e. The number of amides is 2. The van der Waals surface area contributed by atoms with Crippen molar-refractivity contribution in [1.29, 1.82) is 5.26 Å². The Balaban J connectivity index is 1.52. The molecule has 0 aromatic rings. The number of nitrogens with zero attached hydrogens (tertiary/aromatic N) is 3. The summed E-state index contributed by atoms with van der Waals surface area (Å²) in [5, 5.41) is 12.3. The Hall–Kier alpha value is -1.88. The van der Waals surface area contributed by atoms with Crippen LogP contribution in [0.2, 0.25) is 0 Å². The molecule has 1 N–H and O–H groups in total. The standard InChI is InChI=1S/C18H27FN4O3/c1-2-26-18(25)22-5-3-4-12-6-14(8-16(12)22)21-10-17(24)23-11-13(19)7-15(23)9-20/h12-16,21H,2-8,10-11H2,1H3/t12?,13-,14?,15-,16?/m0/s1. The molecule has 8 heteroatoms. The van der Waals surface area contributed by atoms with Gasteiger partial charge in [-0.15, -0.1) is 0 Å². The Morgan fingerprint density at radius 3 is 2.85 bits per heavy atom. The minimum atomic E-state index is -1.11. The summed E-state index contributed by atoms with van der Waals surface area (Å²) in [6.45, 7) is 3.01. The number of hydrogen-bond acceptors (Lipinski definition) is 5. The van der Waals surface area contributed by atoms with Gasteiger partial charge in [0.25, 0.3) is 0 Å². The quantitative estimate of drug-likeness (QED) is 0.814. The Kier molecular flexibility index (Phi) is 5.97. The summed E-state index contributed by atoms with van der Waals surface area (Å²) in [7, 11) is 0. The average Bonchev–Trinajstić information content (AvgIpc) is 3.22. The van der Waals surface area contributed by atoms with Gasteiger partial charge >= 0.3 is 6.09 Å². The van der Waals surface area contributed by atoms with Gasteiger partial charge in [0.15, 0.2) is 0 Å². The lowest BCUT2D eigenvalue weighted by molar-refractivity contribution is -0.130. The second-order valence-electron chi connectivity index (χ2n) is 7.44. The van der Waals surface area contributed by atoms with Gasteiger partial charge in [-0.2, -0.15) is 5.26 Å². The maximum atomic E-state index is 13.5. The molecule has 3 aliphatic rings. The molecule has 2 saturated heterocycles. The SMILES string of the molecule is CCOC(=O)N1CCCC2CC(NCC(=O)N3C[C@@H](F)C[C@H]3C#N)CC21. The topological polar surface area (TPSA) is 85.7 Å². The summed E-state index contributed by atoms with van der Waals surface area (Å²) in [4.78, 5) is 27.7. The lowest BCUT2D eigenvalue weighted by atomic mass is 9.92. The molecule has 2 amide bonds. The van der Waals surface area contributed by atoms with E-state index in [1.165, 1.54) is 4.90 Å². The molecule has 7 nitrogen and oxygen atoms in total. The number of hydrogen-bond donors (Lipinski definition) is 1. The second kappa shape index (κ2) is 8.21. The fourth-order valence-electron chi connectivity index (χ4n) is 4.60. The van der Waals surface area contributed by atoms with Crippen LogP contribution >= 0.6 is 0 Å². The number of piperidine rings is 1. The first-order chi connectivity index (χ1) is 12.5. The van der Waals surface area contributed by atoms with E-state index in [9.17, 15) is 14.0 Å². The number of carbonyl (C=O) groups excluding carboxylic acids is 2. The van der Waals surface area contributed by atoms with Gasteiger partial charge in [0, 0.05) is 25.0 Å². The molecule has 0 aromatic heterocycles. The zero-order chi connectivity index (χ0) is 18.7. The molecule has 3 unspecified atom stereocenters. The van der Waals surface area contributed by atoms with Crippen LogP contribution in [0.5, 0.6) is 0 Å². The van der Waals surface area contributed by atoms with E-state index < -0.39 is 12.2 Å². The van der Waals surface area contributed by atoms with E-state index in [0.29, 0.717) is 12.5 Å². The molecule has 26 heavy (non-hydrogen) atoms. The summed E-state index contributed by atoms with van der Waals surface area (Å²) >= 11 is 0. The number of fused-ring (bicyclic) bond motifs is 1. The predicted octanol–water partition coefficient (Wildman–Crippen LogP) is 1.44. The van der Waals surface area contributed by atoms with Crippen molar-refractivity contribution in [3.63, 3.8) is 0 Å². The van der Waals surface area contributed by atoms with Crippen molar-refractivity contribution < 1.29 is 18.7 Å². The number of likely N-dealkylation sites (tertiary alicyclic amines) is 2. The Morgan fingerprint density at radius 2 is 2.12 bits per heavy atom. The third-order valence-electron chi connectivity index (χ3n) is 5.80. The van der Waals surface area contributed by atoms with Crippen LogP contribution in [0, 0.1) is 17.2 Å². The first-order valence-corrected chi connectivity index (χ1v) is 9.53. The summed E-state index contributed by atoms with van der Waals surface area (Å²) in [6.07, 6.45) is 2.51. The lowest BCUT2D eigenvalue weighted by Crippen LogP contribution is -2.47. The molecule has 1 aliphatic carbocycles. The minimum Gasteiger partial charge on any atom is -0.450 e. The highest BCUT2D eigenvalue weighted by molar-refractivity contribution is 5.79. The average molecular weight is 366 g/mol. The molecule has 0 aromatic carbocycles. The largest absolute Gasteiger partial charge is 0.450 e. The highest BCUT2D eigenvalue weighted by atomic mass is 19.1. The molecule has 2 heterocycles. The number of nitrogens with one attached hydrogen (secondary N) is 1. The fourth-order valence-corrected chi connectivity index (χ4v) is 4.60. The molecular formula is C18H27FN4O3. The summed E-state index contributed by atoms with van der Waals surface area (Å²) in [5.74, 6) is 0.198. The fraction of sp³-hybridized carbons (Fsp3) is 0.833. The van der Waals surface area contributed by atoms with Crippen molar-refractivity contribution in [1.82, 2.24) is 15.1 Å². The van der Waals surface area contributed by atoms with Crippen molar-refractivity contribution in [2.24, 2.45) is 5.92 Å². The summed E-state index contributed by atoms with van der Waals surface area (Å²) < 4.78 is 18.6.